The fourth-order valence-corrected chi connectivity index (χ4v) is 3.23. The molecule has 110 valence electrons. The van der Waals surface area contributed by atoms with E-state index in [0.717, 1.165) is 9.99 Å². The average molecular weight is 396 g/mol. The van der Waals surface area contributed by atoms with Crippen molar-refractivity contribution in [3.05, 3.63) is 56.5 Å². The third kappa shape index (κ3) is 2.58. The van der Waals surface area contributed by atoms with Crippen LogP contribution < -0.4 is 0 Å². The molecular weight excluding hydrogens is 387 g/mol. The Kier molecular flexibility index (Phi) is 4.09. The first-order valence-electron chi connectivity index (χ1n) is 6.38. The van der Waals surface area contributed by atoms with Gasteiger partial charge in [0.15, 0.2) is 0 Å². The maximum atomic E-state index is 9.29. The summed E-state index contributed by atoms with van der Waals surface area (Å²) in [4.78, 5) is 8.64. The van der Waals surface area contributed by atoms with Crippen LogP contribution in [0.3, 0.4) is 0 Å². The van der Waals surface area contributed by atoms with Gasteiger partial charge in [0, 0.05) is 23.1 Å². The lowest BCUT2D eigenvalue weighted by Crippen LogP contribution is -2.08. The van der Waals surface area contributed by atoms with Crippen LogP contribution in [0.25, 0.3) is 11.0 Å². The van der Waals surface area contributed by atoms with E-state index in [9.17, 15) is 5.26 Å². The van der Waals surface area contributed by atoms with E-state index in [4.69, 9.17) is 23.2 Å². The smallest absolute Gasteiger partial charge is 0.106 e. The van der Waals surface area contributed by atoms with E-state index < -0.39 is 0 Å². The third-order valence-electron chi connectivity index (χ3n) is 3.41. The largest absolute Gasteiger partial charge is 0.336 e. The molecular formula is C15H9BrCl2N4. The number of pyridine rings is 2. The molecule has 4 nitrogen and oxygen atoms in total. The van der Waals surface area contributed by atoms with Crippen molar-refractivity contribution < 1.29 is 0 Å². The summed E-state index contributed by atoms with van der Waals surface area (Å²) in [6.45, 7) is 1.96. The molecule has 0 bridgehead atoms. The molecule has 3 heterocycles. The summed E-state index contributed by atoms with van der Waals surface area (Å²) < 4.78 is 2.78. The van der Waals surface area contributed by atoms with Crippen molar-refractivity contribution in [1.29, 1.82) is 5.26 Å². The Balaban J connectivity index is 2.21. The van der Waals surface area contributed by atoms with Crippen molar-refractivity contribution in [2.75, 3.05) is 0 Å². The number of rotatable bonds is 2. The summed E-state index contributed by atoms with van der Waals surface area (Å²) in [5, 5.41) is 10.3. The highest BCUT2D eigenvalue weighted by molar-refractivity contribution is 9.10. The molecule has 0 fully saturated rings. The third-order valence-corrected chi connectivity index (χ3v) is 4.35. The molecule has 0 saturated carbocycles. The molecule has 0 amide bonds. The summed E-state index contributed by atoms with van der Waals surface area (Å²) in [6.07, 6.45) is 5.00. The molecule has 22 heavy (non-hydrogen) atoms. The number of fused-ring (bicyclic) bond motifs is 1. The maximum Gasteiger partial charge on any atom is 0.106 e. The van der Waals surface area contributed by atoms with Crippen LogP contribution in [0.2, 0.25) is 10.0 Å². The van der Waals surface area contributed by atoms with Gasteiger partial charge in [-0.3, -0.25) is 9.97 Å². The van der Waals surface area contributed by atoms with Crippen LogP contribution in [-0.4, -0.2) is 14.5 Å². The molecule has 0 aliphatic rings. The summed E-state index contributed by atoms with van der Waals surface area (Å²) >= 11 is 15.6. The lowest BCUT2D eigenvalue weighted by molar-refractivity contribution is 0.643. The highest BCUT2D eigenvalue weighted by atomic mass is 79.9. The van der Waals surface area contributed by atoms with E-state index in [-0.39, 0.29) is 6.04 Å². The van der Waals surface area contributed by atoms with Gasteiger partial charge in [-0.15, -0.1) is 0 Å². The lowest BCUT2D eigenvalue weighted by atomic mass is 10.2. The Labute approximate surface area is 145 Å². The predicted molar refractivity (Wildman–Crippen MR) is 90.2 cm³/mol. The molecule has 3 rings (SSSR count). The average Bonchev–Trinajstić information content (AvgIpc) is 2.84. The Morgan fingerprint density at radius 1 is 1.27 bits per heavy atom. The topological polar surface area (TPSA) is 54.5 Å². The van der Waals surface area contributed by atoms with Crippen LogP contribution in [0.5, 0.6) is 0 Å². The molecule has 0 radical (unpaired) electrons. The first-order valence-corrected chi connectivity index (χ1v) is 7.93. The lowest BCUT2D eigenvalue weighted by Gasteiger charge is -2.16. The normalized spacial score (nSPS) is 12.3. The van der Waals surface area contributed by atoms with Crippen molar-refractivity contribution in [2.24, 2.45) is 0 Å². The second-order valence-corrected chi connectivity index (χ2v) is 6.54. The van der Waals surface area contributed by atoms with Crippen LogP contribution in [0, 0.1) is 11.3 Å². The van der Waals surface area contributed by atoms with Crippen molar-refractivity contribution in [2.45, 2.75) is 13.0 Å². The molecule has 0 aliphatic carbocycles. The number of nitriles is 1. The van der Waals surface area contributed by atoms with Gasteiger partial charge in [-0.05, 0) is 35.0 Å². The Hall–Kier alpha value is -1.61. The van der Waals surface area contributed by atoms with Gasteiger partial charge in [0.25, 0.3) is 0 Å². The zero-order chi connectivity index (χ0) is 15.9. The molecule has 3 aromatic rings. The Bertz CT molecular complexity index is 914. The molecule has 3 aromatic heterocycles. The van der Waals surface area contributed by atoms with Crippen LogP contribution in [0.4, 0.5) is 0 Å². The Morgan fingerprint density at radius 3 is 2.73 bits per heavy atom. The quantitative estimate of drug-likeness (QED) is 0.614. The SMILES string of the molecule is C[C@H](c1ncc(Cl)cc1Cl)n1cc(C#N)c2ncc(Br)cc21. The maximum absolute atomic E-state index is 9.29. The van der Waals surface area contributed by atoms with E-state index in [1.807, 2.05) is 17.6 Å². The summed E-state index contributed by atoms with van der Waals surface area (Å²) in [6, 6.07) is 5.59. The minimum atomic E-state index is -0.162. The Morgan fingerprint density at radius 2 is 2.05 bits per heavy atom. The minimum absolute atomic E-state index is 0.162. The molecule has 7 heteroatoms. The molecule has 0 saturated heterocycles. The number of nitrogens with zero attached hydrogens (tertiary/aromatic N) is 4. The summed E-state index contributed by atoms with van der Waals surface area (Å²) in [7, 11) is 0. The number of halogens is 3. The van der Waals surface area contributed by atoms with Crippen molar-refractivity contribution in [1.82, 2.24) is 14.5 Å². The van der Waals surface area contributed by atoms with Crippen LogP contribution in [-0.2, 0) is 0 Å². The van der Waals surface area contributed by atoms with Gasteiger partial charge in [-0.25, -0.2) is 0 Å². The van der Waals surface area contributed by atoms with Gasteiger partial charge >= 0.3 is 0 Å². The van der Waals surface area contributed by atoms with E-state index in [2.05, 4.69) is 32.0 Å². The fourth-order valence-electron chi connectivity index (χ4n) is 2.37. The van der Waals surface area contributed by atoms with Crippen molar-refractivity contribution in [3.63, 3.8) is 0 Å². The van der Waals surface area contributed by atoms with E-state index >= 15 is 0 Å². The van der Waals surface area contributed by atoms with Gasteiger partial charge < -0.3 is 4.57 Å². The van der Waals surface area contributed by atoms with Gasteiger partial charge in [-0.2, -0.15) is 5.26 Å². The second kappa shape index (κ2) is 5.88. The minimum Gasteiger partial charge on any atom is -0.336 e. The number of hydrogen-bond donors (Lipinski definition) is 0. The van der Waals surface area contributed by atoms with Crippen molar-refractivity contribution >= 4 is 50.2 Å². The zero-order valence-corrected chi connectivity index (χ0v) is 14.5. The highest BCUT2D eigenvalue weighted by Crippen LogP contribution is 2.31. The van der Waals surface area contributed by atoms with Gasteiger partial charge in [0.05, 0.1) is 32.9 Å². The first-order chi connectivity index (χ1) is 10.5. The first kappa shape index (κ1) is 15.3. The summed E-state index contributed by atoms with van der Waals surface area (Å²) in [5.74, 6) is 0. The predicted octanol–water partition coefficient (Wildman–Crippen LogP) is 4.98. The van der Waals surface area contributed by atoms with E-state index in [1.54, 1.807) is 24.7 Å². The number of aromatic nitrogens is 3. The second-order valence-electron chi connectivity index (χ2n) is 4.78. The summed E-state index contributed by atoms with van der Waals surface area (Å²) in [5.41, 5.74) is 2.70. The van der Waals surface area contributed by atoms with Crippen LogP contribution >= 0.6 is 39.1 Å². The monoisotopic (exact) mass is 394 g/mol. The highest BCUT2D eigenvalue weighted by Gasteiger charge is 2.19. The molecule has 1 atom stereocenters. The van der Waals surface area contributed by atoms with Crippen molar-refractivity contribution in [3.8, 4) is 6.07 Å². The molecule has 0 aliphatic heterocycles. The molecule has 0 aromatic carbocycles. The van der Waals surface area contributed by atoms with E-state index in [0.29, 0.717) is 26.8 Å². The van der Waals surface area contributed by atoms with Gasteiger partial charge in [0.2, 0.25) is 0 Å². The molecule has 0 spiro atoms. The molecule has 0 unspecified atom stereocenters. The zero-order valence-electron chi connectivity index (χ0n) is 11.4. The number of hydrogen-bond acceptors (Lipinski definition) is 3. The fraction of sp³-hybridized carbons (Fsp3) is 0.133. The van der Waals surface area contributed by atoms with Gasteiger partial charge in [0.1, 0.15) is 11.6 Å². The van der Waals surface area contributed by atoms with Crippen LogP contribution in [0.15, 0.2) is 35.2 Å². The van der Waals surface area contributed by atoms with Gasteiger partial charge in [-0.1, -0.05) is 23.2 Å². The van der Waals surface area contributed by atoms with E-state index in [1.165, 1.54) is 0 Å². The van der Waals surface area contributed by atoms with Crippen LogP contribution in [0.1, 0.15) is 24.2 Å². The standard InChI is InChI=1S/C15H9BrCl2N4/c1-8(14-12(18)3-11(17)6-21-14)22-7-9(4-19)15-13(22)2-10(16)5-20-15/h2-3,5-8H,1H3/t8-/m1/s1. The molecule has 0 N–H and O–H groups in total.